The van der Waals surface area contributed by atoms with Crippen LogP contribution >= 0.6 is 11.6 Å². The van der Waals surface area contributed by atoms with Gasteiger partial charge in [0.15, 0.2) is 0 Å². The van der Waals surface area contributed by atoms with Crippen LogP contribution in [0.2, 0.25) is 5.02 Å². The number of amides is 2. The topological polar surface area (TPSA) is 105 Å². The Hall–Kier alpha value is -3.13. The minimum absolute atomic E-state index is 0.130. The van der Waals surface area contributed by atoms with Gasteiger partial charge in [-0.2, -0.15) is 0 Å². The molecular weight excluding hydrogens is 372 g/mol. The van der Waals surface area contributed by atoms with Crippen molar-refractivity contribution < 1.29 is 14.5 Å². The highest BCUT2D eigenvalue weighted by Crippen LogP contribution is 2.28. The third-order valence-corrected chi connectivity index (χ3v) is 4.62. The first-order valence-electron chi connectivity index (χ1n) is 8.36. The van der Waals surface area contributed by atoms with E-state index in [-0.39, 0.29) is 21.8 Å². The van der Waals surface area contributed by atoms with Gasteiger partial charge in [-0.25, -0.2) is 0 Å². The Morgan fingerprint density at radius 1 is 1.00 bits per heavy atom. The lowest BCUT2D eigenvalue weighted by Gasteiger charge is -2.21. The molecule has 2 aromatic rings. The van der Waals surface area contributed by atoms with E-state index in [9.17, 15) is 19.7 Å². The second-order valence-electron chi connectivity index (χ2n) is 6.04. The fourth-order valence-corrected chi connectivity index (χ4v) is 3.17. The van der Waals surface area contributed by atoms with E-state index in [1.807, 2.05) is 4.90 Å². The second-order valence-corrected chi connectivity index (χ2v) is 6.45. The number of hydrogen-bond acceptors (Lipinski definition) is 5. The van der Waals surface area contributed by atoms with Crippen molar-refractivity contribution in [1.82, 2.24) is 10.9 Å². The third-order valence-electron chi connectivity index (χ3n) is 4.29. The number of nitrogens with zero attached hydrogens (tertiary/aromatic N) is 2. The van der Waals surface area contributed by atoms with Crippen molar-refractivity contribution in [1.29, 1.82) is 0 Å². The second kappa shape index (κ2) is 8.05. The van der Waals surface area contributed by atoms with E-state index in [1.54, 1.807) is 24.3 Å². The van der Waals surface area contributed by atoms with Crippen molar-refractivity contribution in [2.24, 2.45) is 0 Å². The first kappa shape index (κ1) is 18.7. The minimum atomic E-state index is -0.638. The predicted molar refractivity (Wildman–Crippen MR) is 101 cm³/mol. The Bertz CT molecular complexity index is 897. The zero-order valence-electron chi connectivity index (χ0n) is 14.3. The van der Waals surface area contributed by atoms with Crippen molar-refractivity contribution in [3.05, 3.63) is 68.7 Å². The normalized spacial score (nSPS) is 13.3. The van der Waals surface area contributed by atoms with Gasteiger partial charge >= 0.3 is 0 Å². The van der Waals surface area contributed by atoms with Gasteiger partial charge in [-0.1, -0.05) is 23.7 Å². The van der Waals surface area contributed by atoms with Gasteiger partial charge in [-0.3, -0.25) is 30.6 Å². The zero-order valence-corrected chi connectivity index (χ0v) is 15.0. The van der Waals surface area contributed by atoms with Gasteiger partial charge in [0.25, 0.3) is 17.5 Å². The molecule has 2 amide bonds. The fraction of sp³-hybridized carbons (Fsp3) is 0.222. The molecule has 0 spiro atoms. The summed E-state index contributed by atoms with van der Waals surface area (Å²) in [4.78, 5) is 37.3. The van der Waals surface area contributed by atoms with Crippen molar-refractivity contribution in [2.75, 3.05) is 18.0 Å². The monoisotopic (exact) mass is 388 g/mol. The first-order valence-corrected chi connectivity index (χ1v) is 8.74. The number of nitro groups is 1. The number of rotatable bonds is 4. The van der Waals surface area contributed by atoms with Crippen LogP contribution in [0.15, 0.2) is 42.5 Å². The summed E-state index contributed by atoms with van der Waals surface area (Å²) >= 11 is 5.96. The summed E-state index contributed by atoms with van der Waals surface area (Å²) in [5, 5.41) is 11.3. The molecule has 0 bridgehead atoms. The Morgan fingerprint density at radius 3 is 2.26 bits per heavy atom. The largest absolute Gasteiger partial charge is 0.371 e. The van der Waals surface area contributed by atoms with Gasteiger partial charge in [0.1, 0.15) is 0 Å². The molecule has 1 aliphatic heterocycles. The minimum Gasteiger partial charge on any atom is -0.371 e. The molecule has 2 N–H and O–H groups in total. The van der Waals surface area contributed by atoms with E-state index in [2.05, 4.69) is 10.9 Å². The maximum absolute atomic E-state index is 12.6. The molecule has 0 aromatic heterocycles. The van der Waals surface area contributed by atoms with E-state index in [1.165, 1.54) is 18.2 Å². The van der Waals surface area contributed by atoms with Crippen molar-refractivity contribution in [3.63, 3.8) is 0 Å². The van der Waals surface area contributed by atoms with Crippen LogP contribution in [0.25, 0.3) is 0 Å². The molecule has 8 nitrogen and oxygen atoms in total. The Kier molecular flexibility index (Phi) is 5.56. The van der Waals surface area contributed by atoms with Crippen LogP contribution in [0.4, 0.5) is 11.4 Å². The van der Waals surface area contributed by atoms with E-state index in [0.717, 1.165) is 25.9 Å². The first-order chi connectivity index (χ1) is 13.0. The number of non-ortho nitro benzene ring substituents is 1. The standard InChI is InChI=1S/C18H17ClN4O4/c19-15-6-2-1-5-13(15)17(24)20-21-18(25)14-11-12(23(26)27)7-8-16(14)22-9-3-4-10-22/h1-2,5-8,11H,3-4,9-10H2,(H,20,24)(H,21,25). The molecule has 0 atom stereocenters. The summed E-state index contributed by atoms with van der Waals surface area (Å²) in [5.74, 6) is -1.22. The molecule has 0 unspecified atom stereocenters. The van der Waals surface area contributed by atoms with Crippen molar-refractivity contribution in [2.45, 2.75) is 12.8 Å². The van der Waals surface area contributed by atoms with Crippen LogP contribution in [-0.4, -0.2) is 29.8 Å². The molecule has 3 rings (SSSR count). The number of hydrazine groups is 1. The lowest BCUT2D eigenvalue weighted by atomic mass is 10.1. The number of carbonyl (C=O) groups is 2. The van der Waals surface area contributed by atoms with Gasteiger partial charge in [-0.05, 0) is 31.0 Å². The molecule has 2 aromatic carbocycles. The van der Waals surface area contributed by atoms with E-state index in [0.29, 0.717) is 5.69 Å². The molecule has 1 heterocycles. The molecule has 1 fully saturated rings. The molecule has 0 saturated carbocycles. The highest BCUT2D eigenvalue weighted by Gasteiger charge is 2.23. The molecule has 27 heavy (non-hydrogen) atoms. The molecule has 1 aliphatic rings. The van der Waals surface area contributed by atoms with Gasteiger partial charge in [0, 0.05) is 25.2 Å². The number of benzene rings is 2. The molecule has 9 heteroatoms. The van der Waals surface area contributed by atoms with E-state index >= 15 is 0 Å². The number of anilines is 1. The molecule has 0 aliphatic carbocycles. The summed E-state index contributed by atoms with van der Waals surface area (Å²) in [5.41, 5.74) is 5.34. The van der Waals surface area contributed by atoms with Crippen molar-refractivity contribution >= 4 is 34.8 Å². The fourth-order valence-electron chi connectivity index (χ4n) is 2.95. The molecule has 0 radical (unpaired) electrons. The van der Waals surface area contributed by atoms with E-state index in [4.69, 9.17) is 11.6 Å². The SMILES string of the molecule is O=C(NNC(=O)c1cc([N+](=O)[O-])ccc1N1CCCC1)c1ccccc1Cl. The summed E-state index contributed by atoms with van der Waals surface area (Å²) < 4.78 is 0. The quantitative estimate of drug-likeness (QED) is 0.619. The Labute approximate surface area is 160 Å². The van der Waals surface area contributed by atoms with Crippen LogP contribution < -0.4 is 15.8 Å². The van der Waals surface area contributed by atoms with Gasteiger partial charge in [0.2, 0.25) is 0 Å². The van der Waals surface area contributed by atoms with Gasteiger partial charge < -0.3 is 4.90 Å². The number of nitro benzene ring substituents is 1. The van der Waals surface area contributed by atoms with Crippen LogP contribution in [0.5, 0.6) is 0 Å². The maximum Gasteiger partial charge on any atom is 0.272 e. The lowest BCUT2D eigenvalue weighted by molar-refractivity contribution is -0.384. The Balaban J connectivity index is 1.80. The van der Waals surface area contributed by atoms with Crippen LogP contribution in [0.3, 0.4) is 0 Å². The molecular formula is C18H17ClN4O4. The molecule has 1 saturated heterocycles. The smallest absolute Gasteiger partial charge is 0.272 e. The van der Waals surface area contributed by atoms with E-state index < -0.39 is 16.7 Å². The van der Waals surface area contributed by atoms with Gasteiger partial charge in [0.05, 0.1) is 26.8 Å². The number of nitrogens with one attached hydrogen (secondary N) is 2. The zero-order chi connectivity index (χ0) is 19.4. The van der Waals surface area contributed by atoms with Crippen molar-refractivity contribution in [3.8, 4) is 0 Å². The predicted octanol–water partition coefficient (Wildman–Crippen LogP) is 2.92. The summed E-state index contributed by atoms with van der Waals surface area (Å²) in [6.07, 6.45) is 1.97. The van der Waals surface area contributed by atoms with Gasteiger partial charge in [-0.15, -0.1) is 0 Å². The number of halogens is 1. The Morgan fingerprint density at radius 2 is 1.63 bits per heavy atom. The summed E-state index contributed by atoms with van der Waals surface area (Å²) in [6, 6.07) is 10.6. The number of hydrogen-bond donors (Lipinski definition) is 2. The van der Waals surface area contributed by atoms with Crippen LogP contribution in [0, 0.1) is 10.1 Å². The highest BCUT2D eigenvalue weighted by molar-refractivity contribution is 6.33. The number of carbonyl (C=O) groups excluding carboxylic acids is 2. The average molecular weight is 389 g/mol. The maximum atomic E-state index is 12.6. The van der Waals surface area contributed by atoms with Crippen LogP contribution in [-0.2, 0) is 0 Å². The highest BCUT2D eigenvalue weighted by atomic mass is 35.5. The third kappa shape index (κ3) is 4.17. The molecule has 140 valence electrons. The average Bonchev–Trinajstić information content (AvgIpc) is 3.20. The van der Waals surface area contributed by atoms with Crippen LogP contribution in [0.1, 0.15) is 33.6 Å². The summed E-state index contributed by atoms with van der Waals surface area (Å²) in [6.45, 7) is 1.54. The summed E-state index contributed by atoms with van der Waals surface area (Å²) in [7, 11) is 0. The lowest BCUT2D eigenvalue weighted by Crippen LogP contribution is -2.42.